The molecule has 0 aliphatic rings. The molecule has 0 aliphatic heterocycles. The van der Waals surface area contributed by atoms with E-state index in [1.165, 1.54) is 12.1 Å². The van der Waals surface area contributed by atoms with Crippen molar-refractivity contribution in [3.8, 4) is 11.5 Å². The van der Waals surface area contributed by atoms with Crippen molar-refractivity contribution in [3.63, 3.8) is 0 Å². The summed E-state index contributed by atoms with van der Waals surface area (Å²) in [6, 6.07) is 3.19. The van der Waals surface area contributed by atoms with E-state index in [4.69, 9.17) is 5.73 Å². The number of rotatable bonds is 4. The smallest absolute Gasteiger partial charge is 0.504 e. The Balaban J connectivity index is 0.00000324. The number of hydrogen-bond acceptors (Lipinski definition) is 3. The Morgan fingerprint density at radius 3 is 2.53 bits per heavy atom. The Kier molecular flexibility index (Phi) is 6.18. The first-order chi connectivity index (χ1) is 8.20. The predicted molar refractivity (Wildman–Crippen MR) is 68.4 cm³/mol. The van der Waals surface area contributed by atoms with Gasteiger partial charge in [0.15, 0.2) is 11.5 Å². The number of alkyl halides is 3. The van der Waals surface area contributed by atoms with Gasteiger partial charge in [0, 0.05) is 11.6 Å². The second-order valence-corrected chi connectivity index (χ2v) is 4.01. The minimum atomic E-state index is -4.85. The number of nitrogens with two attached hydrogens (primary N) is 1. The van der Waals surface area contributed by atoms with E-state index in [9.17, 15) is 18.3 Å². The lowest BCUT2D eigenvalue weighted by atomic mass is 10.00. The summed E-state index contributed by atoms with van der Waals surface area (Å²) in [6.45, 7) is 5.40. The lowest BCUT2D eigenvalue weighted by Gasteiger charge is -2.17. The number of benzene rings is 1. The maximum atomic E-state index is 12.1. The lowest BCUT2D eigenvalue weighted by Crippen LogP contribution is -2.18. The maximum Gasteiger partial charge on any atom is 0.573 e. The second-order valence-electron chi connectivity index (χ2n) is 4.01. The van der Waals surface area contributed by atoms with Crippen molar-refractivity contribution in [2.45, 2.75) is 25.7 Å². The van der Waals surface area contributed by atoms with Gasteiger partial charge in [-0.05, 0) is 19.4 Å². The molecule has 0 heterocycles. The Bertz CT molecular complexity index is 449. The molecule has 1 rings (SSSR count). The predicted octanol–water partition coefficient (Wildman–Crippen LogP) is 3.68. The van der Waals surface area contributed by atoms with Gasteiger partial charge in [-0.25, -0.2) is 0 Å². The number of para-hydroxylation sites is 1. The van der Waals surface area contributed by atoms with Crippen LogP contribution in [0.4, 0.5) is 13.2 Å². The molecule has 0 fully saturated rings. The van der Waals surface area contributed by atoms with Crippen LogP contribution < -0.4 is 10.5 Å². The Hall–Kier alpha value is -1.40. The minimum Gasteiger partial charge on any atom is -0.504 e. The van der Waals surface area contributed by atoms with E-state index >= 15 is 0 Å². The monoisotopic (exact) mass is 297 g/mol. The topological polar surface area (TPSA) is 55.5 Å². The average Bonchev–Trinajstić information content (AvgIpc) is 2.18. The first kappa shape index (κ1) is 17.6. The quantitative estimate of drug-likeness (QED) is 0.834. The van der Waals surface area contributed by atoms with E-state index in [0.29, 0.717) is 6.42 Å². The maximum absolute atomic E-state index is 12.1. The molecule has 0 aromatic heterocycles. The van der Waals surface area contributed by atoms with Gasteiger partial charge in [0.05, 0.1) is 0 Å². The van der Waals surface area contributed by atoms with Gasteiger partial charge in [-0.15, -0.1) is 32.2 Å². The van der Waals surface area contributed by atoms with Crippen LogP contribution >= 0.6 is 12.4 Å². The van der Waals surface area contributed by atoms with Crippen molar-refractivity contribution in [1.82, 2.24) is 0 Å². The molecule has 0 unspecified atom stereocenters. The van der Waals surface area contributed by atoms with Crippen molar-refractivity contribution in [2.24, 2.45) is 5.73 Å². The summed E-state index contributed by atoms with van der Waals surface area (Å²) in [4.78, 5) is 0. The summed E-state index contributed by atoms with van der Waals surface area (Å²) in [6.07, 6.45) is -4.49. The normalized spacial score (nSPS) is 12.5. The zero-order valence-corrected chi connectivity index (χ0v) is 11.0. The average molecular weight is 298 g/mol. The van der Waals surface area contributed by atoms with Gasteiger partial charge in [-0.2, -0.15) is 0 Å². The molecule has 0 radical (unpaired) electrons. The Morgan fingerprint density at radius 2 is 2.05 bits per heavy atom. The van der Waals surface area contributed by atoms with Crippen LogP contribution in [0.1, 0.15) is 24.9 Å². The third-order valence-corrected chi connectivity index (χ3v) is 2.22. The summed E-state index contributed by atoms with van der Waals surface area (Å²) in [5, 5.41) is 9.70. The molecular formula is C12H15ClF3NO2. The molecule has 108 valence electrons. The Labute approximate surface area is 115 Å². The molecular weight excluding hydrogens is 283 g/mol. The molecule has 3 N–H and O–H groups in total. The molecule has 0 amide bonds. The highest BCUT2D eigenvalue weighted by Crippen LogP contribution is 2.37. The van der Waals surface area contributed by atoms with Gasteiger partial charge in [-0.3, -0.25) is 0 Å². The number of halogens is 4. The molecule has 0 bridgehead atoms. The number of phenolic OH excluding ortho intramolecular Hbond substituents is 1. The molecule has 0 saturated carbocycles. The fourth-order valence-electron chi connectivity index (χ4n) is 1.53. The third kappa shape index (κ3) is 5.40. The van der Waals surface area contributed by atoms with E-state index in [2.05, 4.69) is 11.3 Å². The van der Waals surface area contributed by atoms with Crippen LogP contribution in [0.5, 0.6) is 11.5 Å². The molecule has 0 spiro atoms. The highest BCUT2D eigenvalue weighted by molar-refractivity contribution is 5.85. The van der Waals surface area contributed by atoms with Crippen molar-refractivity contribution in [3.05, 3.63) is 35.9 Å². The van der Waals surface area contributed by atoms with Crippen LogP contribution in [0, 0.1) is 0 Å². The van der Waals surface area contributed by atoms with Crippen molar-refractivity contribution >= 4 is 12.4 Å². The number of phenols is 1. The van der Waals surface area contributed by atoms with Crippen LogP contribution in [0.25, 0.3) is 0 Å². The standard InChI is InChI=1S/C12H14F3NO2.ClH/c1-7(2)6-9(16)8-4-3-5-10(11(8)17)18-12(13,14)15;/h3-5,9,17H,1,6,16H2,2H3;1H/t9-;/m1./s1. The molecule has 1 atom stereocenters. The SMILES string of the molecule is C=C(C)C[C@@H](N)c1cccc(OC(F)(F)F)c1O.Cl. The van der Waals surface area contributed by atoms with Crippen LogP contribution in [-0.4, -0.2) is 11.5 Å². The molecule has 3 nitrogen and oxygen atoms in total. The van der Waals surface area contributed by atoms with Crippen LogP contribution in [0.3, 0.4) is 0 Å². The minimum absolute atomic E-state index is 0. The van der Waals surface area contributed by atoms with Crippen LogP contribution in [0.15, 0.2) is 30.4 Å². The van der Waals surface area contributed by atoms with E-state index in [-0.39, 0.29) is 18.0 Å². The van der Waals surface area contributed by atoms with Gasteiger partial charge in [0.1, 0.15) is 0 Å². The highest BCUT2D eigenvalue weighted by Gasteiger charge is 2.32. The van der Waals surface area contributed by atoms with Gasteiger partial charge < -0.3 is 15.6 Å². The van der Waals surface area contributed by atoms with Crippen LogP contribution in [0.2, 0.25) is 0 Å². The Morgan fingerprint density at radius 1 is 1.47 bits per heavy atom. The summed E-state index contributed by atoms with van der Waals surface area (Å²) >= 11 is 0. The molecule has 0 saturated heterocycles. The molecule has 19 heavy (non-hydrogen) atoms. The fourth-order valence-corrected chi connectivity index (χ4v) is 1.53. The zero-order chi connectivity index (χ0) is 13.9. The first-order valence-electron chi connectivity index (χ1n) is 5.18. The van der Waals surface area contributed by atoms with Gasteiger partial charge in [0.2, 0.25) is 0 Å². The highest BCUT2D eigenvalue weighted by atomic mass is 35.5. The summed E-state index contributed by atoms with van der Waals surface area (Å²) in [5.41, 5.74) is 6.73. The van der Waals surface area contributed by atoms with Gasteiger partial charge in [0.25, 0.3) is 0 Å². The third-order valence-electron chi connectivity index (χ3n) is 2.22. The van der Waals surface area contributed by atoms with Gasteiger partial charge >= 0.3 is 6.36 Å². The number of ether oxygens (including phenoxy) is 1. The van der Waals surface area contributed by atoms with E-state index in [1.807, 2.05) is 0 Å². The number of aromatic hydroxyl groups is 1. The first-order valence-corrected chi connectivity index (χ1v) is 5.18. The molecule has 7 heteroatoms. The zero-order valence-electron chi connectivity index (χ0n) is 10.2. The van der Waals surface area contributed by atoms with E-state index in [0.717, 1.165) is 11.6 Å². The van der Waals surface area contributed by atoms with Crippen molar-refractivity contribution in [1.29, 1.82) is 0 Å². The van der Waals surface area contributed by atoms with Crippen molar-refractivity contribution < 1.29 is 23.0 Å². The largest absolute Gasteiger partial charge is 0.573 e. The molecule has 1 aromatic rings. The van der Waals surface area contributed by atoms with E-state index in [1.54, 1.807) is 6.92 Å². The van der Waals surface area contributed by atoms with Gasteiger partial charge in [-0.1, -0.05) is 17.7 Å². The second kappa shape index (κ2) is 6.68. The van der Waals surface area contributed by atoms with E-state index < -0.39 is 23.9 Å². The molecule has 0 aliphatic carbocycles. The summed E-state index contributed by atoms with van der Waals surface area (Å²) < 4.78 is 40.0. The van der Waals surface area contributed by atoms with Crippen molar-refractivity contribution in [2.75, 3.05) is 0 Å². The lowest BCUT2D eigenvalue weighted by molar-refractivity contribution is -0.275. The summed E-state index contributed by atoms with van der Waals surface area (Å²) in [5.74, 6) is -1.25. The summed E-state index contributed by atoms with van der Waals surface area (Å²) in [7, 11) is 0. The fraction of sp³-hybridized carbons (Fsp3) is 0.333. The number of hydrogen-bond donors (Lipinski definition) is 2. The van der Waals surface area contributed by atoms with Crippen LogP contribution in [-0.2, 0) is 0 Å². The molecule has 1 aromatic carbocycles.